The quantitative estimate of drug-likeness (QED) is 0.238. The van der Waals surface area contributed by atoms with E-state index in [0.717, 1.165) is 0 Å². The Morgan fingerprint density at radius 2 is 1.54 bits per heavy atom. The van der Waals surface area contributed by atoms with Crippen LogP contribution in [0.25, 0.3) is 0 Å². The van der Waals surface area contributed by atoms with Crippen LogP contribution in [-0.4, -0.2) is 148 Å². The van der Waals surface area contributed by atoms with Gasteiger partial charge < -0.3 is 58.9 Å². The van der Waals surface area contributed by atoms with Gasteiger partial charge in [0.2, 0.25) is 0 Å². The van der Waals surface area contributed by atoms with E-state index in [1.807, 2.05) is 25.9 Å². The maximum absolute atomic E-state index is 13.8. The molecule has 0 aromatic carbocycles. The lowest BCUT2D eigenvalue weighted by Crippen LogP contribution is -2.60. The van der Waals surface area contributed by atoms with Crippen molar-refractivity contribution in [3.8, 4) is 0 Å². The van der Waals surface area contributed by atoms with E-state index in [1.165, 1.54) is 27.9 Å². The number of ether oxygens (including phenoxy) is 6. The molecule has 0 radical (unpaired) electrons. The third kappa shape index (κ3) is 9.43. The third-order valence-electron chi connectivity index (χ3n) is 11.4. The number of esters is 1. The molecule has 5 N–H and O–H groups in total. The minimum absolute atomic E-state index is 0.101. The highest BCUT2D eigenvalue weighted by Gasteiger charge is 2.52. The zero-order valence-corrected chi connectivity index (χ0v) is 32.1. The number of carbonyl (C=O) groups is 2. The number of carbonyl (C=O) groups excluding carboxylic acids is 2. The predicted octanol–water partition coefficient (Wildman–Crippen LogP) is 1.54. The molecule has 3 rings (SSSR count). The van der Waals surface area contributed by atoms with E-state index in [-0.39, 0.29) is 37.8 Å². The van der Waals surface area contributed by atoms with Crippen LogP contribution >= 0.6 is 0 Å². The van der Waals surface area contributed by atoms with Crippen LogP contribution in [0.1, 0.15) is 94.4 Å². The number of likely N-dealkylation sites (N-methyl/N-ethyl adjacent to an activating group) is 1. The molecule has 3 heterocycles. The number of hydrogen-bond donors (Lipinski definition) is 5. The molecule has 17 atom stereocenters. The summed E-state index contributed by atoms with van der Waals surface area (Å²) in [6, 6.07) is -0.318. The Morgan fingerprint density at radius 1 is 0.920 bits per heavy atom. The number of Topliss-reactive ketones (excluding diaryl/α,β-unsaturated/α-hetero) is 1. The van der Waals surface area contributed by atoms with Crippen molar-refractivity contribution in [2.45, 2.75) is 179 Å². The highest BCUT2D eigenvalue weighted by Crippen LogP contribution is 2.39. The summed E-state index contributed by atoms with van der Waals surface area (Å²) in [7, 11) is 5.17. The second-order valence-corrected chi connectivity index (χ2v) is 16.0. The predicted molar refractivity (Wildman–Crippen MR) is 182 cm³/mol. The highest BCUT2D eigenvalue weighted by atomic mass is 16.7. The van der Waals surface area contributed by atoms with E-state index in [0.29, 0.717) is 6.42 Å². The van der Waals surface area contributed by atoms with Gasteiger partial charge in [-0.3, -0.25) is 9.59 Å². The normalized spacial score (nSPS) is 49.0. The van der Waals surface area contributed by atoms with E-state index in [2.05, 4.69) is 0 Å². The molecule has 14 nitrogen and oxygen atoms in total. The maximum Gasteiger partial charge on any atom is 0.308 e. The fourth-order valence-corrected chi connectivity index (χ4v) is 8.10. The van der Waals surface area contributed by atoms with Gasteiger partial charge in [-0.05, 0) is 68.0 Å². The monoisotopic (exact) mass is 719 g/mol. The van der Waals surface area contributed by atoms with E-state index < -0.39 is 102 Å². The van der Waals surface area contributed by atoms with Gasteiger partial charge in [-0.1, -0.05) is 27.7 Å². The number of methoxy groups -OCH3 is 1. The Balaban J connectivity index is 2.13. The van der Waals surface area contributed by atoms with Crippen LogP contribution in [0.5, 0.6) is 0 Å². The van der Waals surface area contributed by atoms with Crippen LogP contribution in [0.15, 0.2) is 0 Å². The highest BCUT2D eigenvalue weighted by molar-refractivity contribution is 5.83. The number of aliphatic hydroxyl groups excluding tert-OH is 3. The van der Waals surface area contributed by atoms with Gasteiger partial charge in [0.05, 0.1) is 48.1 Å². The first-order valence-electron chi connectivity index (χ1n) is 18.1. The van der Waals surface area contributed by atoms with Gasteiger partial charge in [0, 0.05) is 37.3 Å². The van der Waals surface area contributed by atoms with E-state index in [4.69, 9.17) is 28.4 Å². The van der Waals surface area contributed by atoms with Crippen LogP contribution < -0.4 is 0 Å². The van der Waals surface area contributed by atoms with Crippen LogP contribution in [0.3, 0.4) is 0 Å². The summed E-state index contributed by atoms with van der Waals surface area (Å²) in [5.74, 6) is -3.88. The lowest BCUT2D eigenvalue weighted by Gasteiger charge is -2.48. The summed E-state index contributed by atoms with van der Waals surface area (Å²) < 4.78 is 36.7. The van der Waals surface area contributed by atoms with Crippen molar-refractivity contribution in [1.29, 1.82) is 0 Å². The molecule has 50 heavy (non-hydrogen) atoms. The van der Waals surface area contributed by atoms with Crippen LogP contribution in [-0.2, 0) is 38.0 Å². The average Bonchev–Trinajstić information content (AvgIpc) is 3.03. The van der Waals surface area contributed by atoms with Gasteiger partial charge >= 0.3 is 5.97 Å². The van der Waals surface area contributed by atoms with Crippen molar-refractivity contribution in [3.63, 3.8) is 0 Å². The van der Waals surface area contributed by atoms with Crippen molar-refractivity contribution in [3.05, 3.63) is 0 Å². The minimum Gasteiger partial charge on any atom is -0.459 e. The summed E-state index contributed by atoms with van der Waals surface area (Å²) in [5.41, 5.74) is -4.80. The second kappa shape index (κ2) is 16.8. The van der Waals surface area contributed by atoms with Gasteiger partial charge in [-0.15, -0.1) is 0 Å². The Hall–Kier alpha value is -1.30. The first kappa shape index (κ1) is 43.1. The zero-order chi connectivity index (χ0) is 38.1. The molecule has 0 aromatic heterocycles. The zero-order valence-electron chi connectivity index (χ0n) is 32.1. The van der Waals surface area contributed by atoms with Crippen LogP contribution in [0.4, 0.5) is 0 Å². The number of rotatable bonds is 7. The van der Waals surface area contributed by atoms with Gasteiger partial charge in [0.1, 0.15) is 29.7 Å². The topological polar surface area (TPSA) is 194 Å². The molecule has 17 unspecified atom stereocenters. The molecule has 14 heteroatoms. The van der Waals surface area contributed by atoms with Crippen LogP contribution in [0.2, 0.25) is 0 Å². The first-order valence-corrected chi connectivity index (χ1v) is 18.1. The molecule has 0 bridgehead atoms. The fourth-order valence-electron chi connectivity index (χ4n) is 8.10. The molecular weight excluding hydrogens is 654 g/mol. The first-order chi connectivity index (χ1) is 23.0. The summed E-state index contributed by atoms with van der Waals surface area (Å²) >= 11 is 0. The summed E-state index contributed by atoms with van der Waals surface area (Å²) in [6.07, 6.45) is -9.94. The summed E-state index contributed by atoms with van der Waals surface area (Å²) in [6.45, 7) is 14.7. The molecular formula is C36H65NO13. The molecule has 3 aliphatic heterocycles. The number of ketones is 1. The molecule has 0 aliphatic carbocycles. The molecule has 0 spiro atoms. The van der Waals surface area contributed by atoms with Gasteiger partial charge in [-0.2, -0.15) is 0 Å². The Kier molecular flexibility index (Phi) is 14.5. The smallest absolute Gasteiger partial charge is 0.308 e. The molecule has 3 fully saturated rings. The van der Waals surface area contributed by atoms with Crippen molar-refractivity contribution < 1.29 is 63.5 Å². The third-order valence-corrected chi connectivity index (χ3v) is 11.4. The Labute approximate surface area is 297 Å². The van der Waals surface area contributed by atoms with Crippen molar-refractivity contribution in [2.24, 2.45) is 17.8 Å². The number of nitrogens with zero attached hydrogens (tertiary/aromatic N) is 1. The SMILES string of the molecule is CCC1OC(=O)CC(OC2CC(C)(OC)C(O)C(C)O2)C(C)C(OC2OC(C)CC(N(C)C)C2O)C(C)(O)CC(C)C(=O)C(C)C(O)C1(C)O. The fraction of sp³-hybridized carbons (Fsp3) is 0.944. The number of hydrogen-bond acceptors (Lipinski definition) is 14. The lowest BCUT2D eigenvalue weighted by molar-refractivity contribution is -0.315. The number of aliphatic hydroxyl groups is 5. The minimum atomic E-state index is -1.98. The lowest BCUT2D eigenvalue weighted by atomic mass is 9.74. The van der Waals surface area contributed by atoms with Crippen molar-refractivity contribution in [2.75, 3.05) is 21.2 Å². The van der Waals surface area contributed by atoms with E-state index in [1.54, 1.807) is 34.6 Å². The van der Waals surface area contributed by atoms with Crippen molar-refractivity contribution >= 4 is 11.8 Å². The molecule has 0 amide bonds. The maximum atomic E-state index is 13.8. The largest absolute Gasteiger partial charge is 0.459 e. The van der Waals surface area contributed by atoms with Crippen LogP contribution in [0, 0.1) is 17.8 Å². The summed E-state index contributed by atoms with van der Waals surface area (Å²) in [5, 5.41) is 57.3. The molecule has 0 saturated carbocycles. The Bertz CT molecular complexity index is 1140. The Morgan fingerprint density at radius 3 is 2.10 bits per heavy atom. The second-order valence-electron chi connectivity index (χ2n) is 16.0. The number of cyclic esters (lactones) is 1. The molecule has 3 aliphatic rings. The standard InChI is InChI=1S/C36H65NO13/c1-13-25-36(9,44)30(41)21(5)28(39)18(2)16-34(7,43)32(50-33-29(40)23(37(10)11)14-19(3)46-33)20(4)24(15-26(38)49-25)48-27-17-35(8,45-12)31(42)22(6)47-27/h18-25,27,29-33,40-44H,13-17H2,1-12H3. The van der Waals surface area contributed by atoms with Gasteiger partial charge in [0.25, 0.3) is 0 Å². The molecule has 3 saturated heterocycles. The van der Waals surface area contributed by atoms with E-state index in [9.17, 15) is 35.1 Å². The molecule has 292 valence electrons. The molecule has 0 aromatic rings. The average molecular weight is 720 g/mol. The van der Waals surface area contributed by atoms with Gasteiger partial charge in [0.15, 0.2) is 12.6 Å². The van der Waals surface area contributed by atoms with Crippen molar-refractivity contribution in [1.82, 2.24) is 4.90 Å². The van der Waals surface area contributed by atoms with E-state index >= 15 is 0 Å². The summed E-state index contributed by atoms with van der Waals surface area (Å²) in [4.78, 5) is 29.4. The van der Waals surface area contributed by atoms with Gasteiger partial charge in [-0.25, -0.2) is 0 Å².